The van der Waals surface area contributed by atoms with Crippen LogP contribution >= 0.6 is 0 Å². The topological polar surface area (TPSA) is 59.6 Å². The number of carbonyl (C=O) groups excluding carboxylic acids is 1. The van der Waals surface area contributed by atoms with Crippen molar-refractivity contribution in [2.45, 2.75) is 13.3 Å². The molecule has 1 aliphatic rings. The van der Waals surface area contributed by atoms with Gasteiger partial charge in [-0.3, -0.25) is 4.79 Å². The van der Waals surface area contributed by atoms with Crippen molar-refractivity contribution in [3.8, 4) is 11.5 Å². The van der Waals surface area contributed by atoms with Crippen LogP contribution in [0.5, 0.6) is 11.5 Å². The first-order chi connectivity index (χ1) is 10.2. The maximum Gasteiger partial charge on any atom is 0.246 e. The van der Waals surface area contributed by atoms with Gasteiger partial charge in [-0.25, -0.2) is 0 Å². The number of rotatable bonds is 6. The Labute approximate surface area is 125 Å². The van der Waals surface area contributed by atoms with Crippen molar-refractivity contribution < 1.29 is 14.3 Å². The quantitative estimate of drug-likeness (QED) is 0.775. The van der Waals surface area contributed by atoms with Crippen LogP contribution in [0.25, 0.3) is 0 Å². The zero-order valence-electron chi connectivity index (χ0n) is 12.8. The predicted octanol–water partition coefficient (Wildman–Crippen LogP) is 1.28. The molecule has 1 amide bonds. The molecule has 0 saturated carbocycles. The van der Waals surface area contributed by atoms with Gasteiger partial charge in [-0.05, 0) is 36.6 Å². The smallest absolute Gasteiger partial charge is 0.246 e. The number of nitrogens with one attached hydrogen (secondary N) is 2. The first kappa shape index (κ1) is 15.4. The second kappa shape index (κ2) is 7.13. The van der Waals surface area contributed by atoms with Crippen LogP contribution < -0.4 is 20.1 Å². The van der Waals surface area contributed by atoms with Crippen molar-refractivity contribution in [2.24, 2.45) is 0 Å². The van der Waals surface area contributed by atoms with E-state index in [-0.39, 0.29) is 5.91 Å². The van der Waals surface area contributed by atoms with E-state index in [0.29, 0.717) is 18.0 Å². The van der Waals surface area contributed by atoms with E-state index in [2.05, 4.69) is 10.6 Å². The Balaban J connectivity index is 1.87. The molecule has 1 fully saturated rings. The minimum atomic E-state index is 0.0203. The molecule has 21 heavy (non-hydrogen) atoms. The van der Waals surface area contributed by atoms with E-state index in [4.69, 9.17) is 9.47 Å². The lowest BCUT2D eigenvalue weighted by Crippen LogP contribution is -2.38. The highest BCUT2D eigenvalue weighted by Crippen LogP contribution is 2.27. The second-order valence-corrected chi connectivity index (χ2v) is 5.03. The molecule has 1 heterocycles. The zero-order chi connectivity index (χ0) is 15.2. The molecule has 0 atom stereocenters. The number of benzene rings is 1. The molecule has 1 saturated heterocycles. The average molecular weight is 290 g/mol. The highest BCUT2D eigenvalue weighted by atomic mass is 16.5. The predicted molar refractivity (Wildman–Crippen MR) is 81.8 cm³/mol. The summed E-state index contributed by atoms with van der Waals surface area (Å²) >= 11 is 0. The number of ether oxygens (including phenoxy) is 2. The van der Waals surface area contributed by atoms with E-state index in [1.54, 1.807) is 14.2 Å². The average Bonchev–Trinajstić information content (AvgIpc) is 2.45. The van der Waals surface area contributed by atoms with E-state index >= 15 is 0 Å². The molecular formula is C16H22N2O3. The Morgan fingerprint density at radius 1 is 1.24 bits per heavy atom. The summed E-state index contributed by atoms with van der Waals surface area (Å²) < 4.78 is 10.5. The standard InChI is InChI=1S/C16H22N2O3/c1-11(13-9-17-10-13)16(19)18-7-6-12-4-5-14(20-2)15(8-12)21-3/h4-5,8,17H,6-7,9-10H2,1-3H3,(H,18,19). The fourth-order valence-electron chi connectivity index (χ4n) is 2.16. The van der Waals surface area contributed by atoms with Gasteiger partial charge in [-0.15, -0.1) is 0 Å². The molecule has 0 aliphatic carbocycles. The van der Waals surface area contributed by atoms with E-state index < -0.39 is 0 Å². The van der Waals surface area contributed by atoms with Gasteiger partial charge in [0.25, 0.3) is 0 Å². The van der Waals surface area contributed by atoms with Crippen molar-refractivity contribution in [1.29, 1.82) is 0 Å². The molecule has 114 valence electrons. The summed E-state index contributed by atoms with van der Waals surface area (Å²) in [6.45, 7) is 4.14. The van der Waals surface area contributed by atoms with Gasteiger partial charge >= 0.3 is 0 Å². The number of methoxy groups -OCH3 is 2. The van der Waals surface area contributed by atoms with Gasteiger partial charge in [-0.2, -0.15) is 0 Å². The minimum absolute atomic E-state index is 0.0203. The zero-order valence-corrected chi connectivity index (χ0v) is 12.8. The lowest BCUT2D eigenvalue weighted by molar-refractivity contribution is -0.117. The van der Waals surface area contributed by atoms with E-state index in [0.717, 1.165) is 30.6 Å². The summed E-state index contributed by atoms with van der Waals surface area (Å²) in [5.74, 6) is 1.44. The number of hydrogen-bond acceptors (Lipinski definition) is 4. The van der Waals surface area contributed by atoms with Crippen LogP contribution in [0.3, 0.4) is 0 Å². The van der Waals surface area contributed by atoms with Crippen molar-refractivity contribution in [1.82, 2.24) is 10.6 Å². The summed E-state index contributed by atoms with van der Waals surface area (Å²) in [4.78, 5) is 11.9. The van der Waals surface area contributed by atoms with E-state index in [1.165, 1.54) is 5.57 Å². The monoisotopic (exact) mass is 290 g/mol. The first-order valence-corrected chi connectivity index (χ1v) is 7.04. The van der Waals surface area contributed by atoms with Crippen molar-refractivity contribution >= 4 is 5.91 Å². The third kappa shape index (κ3) is 3.76. The van der Waals surface area contributed by atoms with E-state index in [1.807, 2.05) is 25.1 Å². The fraction of sp³-hybridized carbons (Fsp3) is 0.438. The summed E-state index contributed by atoms with van der Waals surface area (Å²) in [6, 6.07) is 5.80. The van der Waals surface area contributed by atoms with Crippen LogP contribution in [0.1, 0.15) is 12.5 Å². The third-order valence-electron chi connectivity index (χ3n) is 3.69. The van der Waals surface area contributed by atoms with Crippen LogP contribution in [0.15, 0.2) is 29.3 Å². The van der Waals surface area contributed by atoms with Gasteiger partial charge in [0.05, 0.1) is 14.2 Å². The van der Waals surface area contributed by atoms with Gasteiger partial charge in [0.15, 0.2) is 11.5 Å². The van der Waals surface area contributed by atoms with Gasteiger partial charge in [0, 0.05) is 25.2 Å². The summed E-state index contributed by atoms with van der Waals surface area (Å²) in [5.41, 5.74) is 3.13. The molecular weight excluding hydrogens is 268 g/mol. The molecule has 2 rings (SSSR count). The SMILES string of the molecule is COc1ccc(CCNC(=O)C(C)=C2CNC2)cc1OC. The lowest BCUT2D eigenvalue weighted by atomic mass is 10.0. The Morgan fingerprint density at radius 2 is 1.95 bits per heavy atom. The molecule has 1 aliphatic heterocycles. The molecule has 1 aromatic rings. The highest BCUT2D eigenvalue weighted by Gasteiger charge is 2.15. The number of amides is 1. The van der Waals surface area contributed by atoms with Gasteiger partial charge in [0.2, 0.25) is 5.91 Å². The largest absolute Gasteiger partial charge is 0.493 e. The molecule has 0 aromatic heterocycles. The molecule has 2 N–H and O–H groups in total. The second-order valence-electron chi connectivity index (χ2n) is 5.03. The molecule has 0 radical (unpaired) electrons. The van der Waals surface area contributed by atoms with Crippen LogP contribution in [0.2, 0.25) is 0 Å². The van der Waals surface area contributed by atoms with Crippen molar-refractivity contribution in [3.05, 3.63) is 34.9 Å². The van der Waals surface area contributed by atoms with Crippen LogP contribution in [0.4, 0.5) is 0 Å². The fourth-order valence-corrected chi connectivity index (χ4v) is 2.16. The summed E-state index contributed by atoms with van der Waals surface area (Å²) in [6.07, 6.45) is 0.757. The molecule has 5 heteroatoms. The summed E-state index contributed by atoms with van der Waals surface area (Å²) in [7, 11) is 3.23. The van der Waals surface area contributed by atoms with Gasteiger partial charge in [-0.1, -0.05) is 6.07 Å². The molecule has 0 spiro atoms. The molecule has 0 bridgehead atoms. The molecule has 1 aromatic carbocycles. The first-order valence-electron chi connectivity index (χ1n) is 7.04. The Bertz CT molecular complexity index is 546. The number of hydrogen-bond donors (Lipinski definition) is 2. The highest BCUT2D eigenvalue weighted by molar-refractivity contribution is 5.93. The minimum Gasteiger partial charge on any atom is -0.493 e. The number of carbonyl (C=O) groups is 1. The van der Waals surface area contributed by atoms with Gasteiger partial charge < -0.3 is 20.1 Å². The molecule has 0 unspecified atom stereocenters. The van der Waals surface area contributed by atoms with Crippen LogP contribution in [-0.2, 0) is 11.2 Å². The maximum absolute atomic E-state index is 11.9. The molecule has 5 nitrogen and oxygen atoms in total. The lowest BCUT2D eigenvalue weighted by Gasteiger charge is -2.21. The van der Waals surface area contributed by atoms with Crippen LogP contribution in [-0.4, -0.2) is 39.8 Å². The Morgan fingerprint density at radius 3 is 2.52 bits per heavy atom. The normalized spacial score (nSPS) is 13.4. The van der Waals surface area contributed by atoms with Gasteiger partial charge in [0.1, 0.15) is 0 Å². The summed E-state index contributed by atoms with van der Waals surface area (Å²) in [5, 5.41) is 6.09. The Hall–Kier alpha value is -2.01. The maximum atomic E-state index is 11.9. The third-order valence-corrected chi connectivity index (χ3v) is 3.69. The van der Waals surface area contributed by atoms with Crippen molar-refractivity contribution in [2.75, 3.05) is 33.9 Å². The Kier molecular flexibility index (Phi) is 5.22. The van der Waals surface area contributed by atoms with E-state index in [9.17, 15) is 4.79 Å². The van der Waals surface area contributed by atoms with Crippen molar-refractivity contribution in [3.63, 3.8) is 0 Å². The van der Waals surface area contributed by atoms with Crippen LogP contribution in [0, 0.1) is 0 Å².